The lowest BCUT2D eigenvalue weighted by molar-refractivity contribution is -0.0983. The Balaban J connectivity index is 2.21. The fraction of sp³-hybridized carbons (Fsp3) is 0.667. The molecule has 1 aromatic carbocycles. The molecular formula is C18H28FNO. The Morgan fingerprint density at radius 1 is 1.29 bits per heavy atom. The van der Waals surface area contributed by atoms with Crippen LogP contribution in [0.2, 0.25) is 0 Å². The molecule has 1 atom stereocenters. The van der Waals surface area contributed by atoms with E-state index in [0.29, 0.717) is 6.54 Å². The number of nitrogens with two attached hydrogens (primary N) is 1. The Hall–Kier alpha value is -0.930. The minimum atomic E-state index is -1.01. The summed E-state index contributed by atoms with van der Waals surface area (Å²) in [4.78, 5) is 0. The molecule has 0 saturated heterocycles. The second-order valence-electron chi connectivity index (χ2n) is 6.80. The van der Waals surface area contributed by atoms with Gasteiger partial charge in [-0.3, -0.25) is 0 Å². The van der Waals surface area contributed by atoms with Gasteiger partial charge in [-0.15, -0.1) is 0 Å². The molecule has 0 heterocycles. The van der Waals surface area contributed by atoms with Crippen molar-refractivity contribution in [2.24, 2.45) is 17.1 Å². The van der Waals surface area contributed by atoms with Gasteiger partial charge in [0.2, 0.25) is 0 Å². The zero-order valence-corrected chi connectivity index (χ0v) is 13.2. The largest absolute Gasteiger partial charge is 0.385 e. The zero-order valence-electron chi connectivity index (χ0n) is 13.2. The average molecular weight is 293 g/mol. The van der Waals surface area contributed by atoms with Crippen molar-refractivity contribution >= 4 is 0 Å². The van der Waals surface area contributed by atoms with E-state index in [0.717, 1.165) is 37.2 Å². The highest BCUT2D eigenvalue weighted by Gasteiger charge is 2.48. The Morgan fingerprint density at radius 2 is 1.86 bits per heavy atom. The van der Waals surface area contributed by atoms with Crippen LogP contribution in [0, 0.1) is 17.2 Å². The Bertz CT molecular complexity index is 447. The molecule has 118 valence electrons. The lowest BCUT2D eigenvalue weighted by Crippen LogP contribution is -2.50. The molecule has 0 radical (unpaired) electrons. The average Bonchev–Trinajstić information content (AvgIpc) is 2.49. The third-order valence-corrected chi connectivity index (χ3v) is 5.59. The maximum absolute atomic E-state index is 13.1. The number of hydrogen-bond donors (Lipinski definition) is 2. The summed E-state index contributed by atoms with van der Waals surface area (Å²) in [5.74, 6) is 0.488. The van der Waals surface area contributed by atoms with Crippen molar-refractivity contribution in [2.45, 2.75) is 58.0 Å². The number of benzene rings is 1. The van der Waals surface area contributed by atoms with Gasteiger partial charge in [0, 0.05) is 12.0 Å². The van der Waals surface area contributed by atoms with Crippen molar-refractivity contribution in [1.29, 1.82) is 0 Å². The van der Waals surface area contributed by atoms with E-state index < -0.39 is 5.60 Å². The van der Waals surface area contributed by atoms with Gasteiger partial charge in [0.1, 0.15) is 5.82 Å². The Labute approximate surface area is 127 Å². The number of halogens is 1. The van der Waals surface area contributed by atoms with Gasteiger partial charge in [-0.2, -0.15) is 0 Å². The molecule has 21 heavy (non-hydrogen) atoms. The molecular weight excluding hydrogens is 265 g/mol. The van der Waals surface area contributed by atoms with Crippen molar-refractivity contribution in [1.82, 2.24) is 0 Å². The molecule has 0 aliphatic heterocycles. The second kappa shape index (κ2) is 6.45. The third kappa shape index (κ3) is 3.14. The first-order chi connectivity index (χ1) is 9.95. The van der Waals surface area contributed by atoms with E-state index in [1.54, 1.807) is 12.1 Å². The van der Waals surface area contributed by atoms with E-state index in [1.807, 2.05) is 6.92 Å². The van der Waals surface area contributed by atoms with Gasteiger partial charge in [-0.1, -0.05) is 31.9 Å². The summed E-state index contributed by atoms with van der Waals surface area (Å²) in [7, 11) is 0. The molecule has 2 nitrogen and oxygen atoms in total. The lowest BCUT2D eigenvalue weighted by atomic mass is 9.59. The monoisotopic (exact) mass is 293 g/mol. The van der Waals surface area contributed by atoms with Crippen LogP contribution in [0.5, 0.6) is 0 Å². The van der Waals surface area contributed by atoms with E-state index in [-0.39, 0.29) is 11.2 Å². The second-order valence-corrected chi connectivity index (χ2v) is 6.80. The van der Waals surface area contributed by atoms with E-state index in [2.05, 4.69) is 6.92 Å². The maximum Gasteiger partial charge on any atom is 0.123 e. The predicted octanol–water partition coefficient (Wildman–Crippen LogP) is 3.97. The summed E-state index contributed by atoms with van der Waals surface area (Å²) >= 11 is 0. The standard InChI is InChI=1S/C18H28FNO/c1-3-4-14-9-11-18(13-20,12-10-14)17(2,21)15-5-7-16(19)8-6-15/h5-8,14,21H,3-4,9-13,20H2,1-2H3. The van der Waals surface area contributed by atoms with Gasteiger partial charge in [0.05, 0.1) is 5.60 Å². The number of rotatable bonds is 5. The SMILES string of the molecule is CCCC1CCC(CN)(C(C)(O)c2ccc(F)cc2)CC1. The van der Waals surface area contributed by atoms with Crippen molar-refractivity contribution in [3.8, 4) is 0 Å². The number of aliphatic hydroxyl groups is 1. The molecule has 0 bridgehead atoms. The minimum absolute atomic E-state index is 0.275. The van der Waals surface area contributed by atoms with Crippen LogP contribution in [-0.4, -0.2) is 11.7 Å². The van der Waals surface area contributed by atoms with Crippen LogP contribution in [0.1, 0.15) is 57.9 Å². The molecule has 1 aromatic rings. The smallest absolute Gasteiger partial charge is 0.123 e. The molecule has 1 fully saturated rings. The molecule has 3 N–H and O–H groups in total. The molecule has 1 aliphatic carbocycles. The van der Waals surface area contributed by atoms with Gasteiger partial charge in [0.15, 0.2) is 0 Å². The Kier molecular flexibility index (Phi) is 5.05. The summed E-state index contributed by atoms with van der Waals surface area (Å²) in [5, 5.41) is 11.2. The van der Waals surface area contributed by atoms with Crippen LogP contribution in [0.25, 0.3) is 0 Å². The highest BCUT2D eigenvalue weighted by atomic mass is 19.1. The fourth-order valence-corrected chi connectivity index (χ4v) is 3.90. The minimum Gasteiger partial charge on any atom is -0.385 e. The Morgan fingerprint density at radius 3 is 2.33 bits per heavy atom. The molecule has 0 amide bonds. The highest BCUT2D eigenvalue weighted by Crippen LogP contribution is 2.51. The van der Waals surface area contributed by atoms with E-state index in [9.17, 15) is 9.50 Å². The molecule has 0 aromatic heterocycles. The van der Waals surface area contributed by atoms with Crippen molar-refractivity contribution in [3.05, 3.63) is 35.6 Å². The molecule has 1 saturated carbocycles. The van der Waals surface area contributed by atoms with E-state index in [4.69, 9.17) is 5.73 Å². The zero-order chi connectivity index (χ0) is 15.5. The molecule has 2 rings (SSSR count). The first-order valence-corrected chi connectivity index (χ1v) is 8.13. The maximum atomic E-state index is 13.1. The van der Waals surface area contributed by atoms with Crippen LogP contribution < -0.4 is 5.73 Å². The topological polar surface area (TPSA) is 46.2 Å². The highest BCUT2D eigenvalue weighted by molar-refractivity contribution is 5.26. The predicted molar refractivity (Wildman–Crippen MR) is 84.3 cm³/mol. The van der Waals surface area contributed by atoms with Gasteiger partial charge in [-0.05, 0) is 56.2 Å². The van der Waals surface area contributed by atoms with Crippen LogP contribution in [0.15, 0.2) is 24.3 Å². The normalized spacial score (nSPS) is 29.1. The molecule has 1 unspecified atom stereocenters. The third-order valence-electron chi connectivity index (χ3n) is 5.59. The van der Waals surface area contributed by atoms with Crippen molar-refractivity contribution in [2.75, 3.05) is 6.54 Å². The van der Waals surface area contributed by atoms with Crippen molar-refractivity contribution in [3.63, 3.8) is 0 Å². The van der Waals surface area contributed by atoms with E-state index in [1.165, 1.54) is 25.0 Å². The van der Waals surface area contributed by atoms with E-state index >= 15 is 0 Å². The molecule has 0 spiro atoms. The van der Waals surface area contributed by atoms with Crippen LogP contribution >= 0.6 is 0 Å². The summed E-state index contributed by atoms with van der Waals surface area (Å²) in [6.45, 7) is 4.53. The van der Waals surface area contributed by atoms with Gasteiger partial charge in [-0.25, -0.2) is 4.39 Å². The lowest BCUT2D eigenvalue weighted by Gasteiger charge is -2.49. The van der Waals surface area contributed by atoms with Crippen molar-refractivity contribution < 1.29 is 9.50 Å². The van der Waals surface area contributed by atoms with Gasteiger partial charge < -0.3 is 10.8 Å². The fourth-order valence-electron chi connectivity index (χ4n) is 3.90. The molecule has 1 aliphatic rings. The van der Waals surface area contributed by atoms with Gasteiger partial charge in [0.25, 0.3) is 0 Å². The summed E-state index contributed by atoms with van der Waals surface area (Å²) in [6.07, 6.45) is 6.62. The summed E-state index contributed by atoms with van der Waals surface area (Å²) in [6, 6.07) is 6.20. The summed E-state index contributed by atoms with van der Waals surface area (Å²) < 4.78 is 13.1. The summed E-state index contributed by atoms with van der Waals surface area (Å²) in [5.41, 5.74) is 5.54. The van der Waals surface area contributed by atoms with Crippen LogP contribution in [0.4, 0.5) is 4.39 Å². The first-order valence-electron chi connectivity index (χ1n) is 8.13. The van der Waals surface area contributed by atoms with Crippen LogP contribution in [0.3, 0.4) is 0 Å². The number of hydrogen-bond acceptors (Lipinski definition) is 2. The first kappa shape index (κ1) is 16.4. The van der Waals surface area contributed by atoms with Crippen LogP contribution in [-0.2, 0) is 5.60 Å². The van der Waals surface area contributed by atoms with Gasteiger partial charge >= 0.3 is 0 Å². The molecule has 3 heteroatoms. The quantitative estimate of drug-likeness (QED) is 0.863.